The average Bonchev–Trinajstić information content (AvgIpc) is 3.29. The third kappa shape index (κ3) is 13.0. The Morgan fingerprint density at radius 1 is 0.759 bits per heavy atom. The predicted molar refractivity (Wildman–Crippen MR) is 118 cm³/mol. The van der Waals surface area contributed by atoms with E-state index in [1.165, 1.54) is 34.1 Å². The fourth-order valence-electron chi connectivity index (χ4n) is 2.53. The third-order valence-electron chi connectivity index (χ3n) is 4.33. The van der Waals surface area contributed by atoms with Crippen LogP contribution in [0.4, 0.5) is 0 Å². The first-order valence-corrected chi connectivity index (χ1v) is 17.1. The van der Waals surface area contributed by atoms with Crippen LogP contribution in [0, 0.1) is 23.0 Å². The van der Waals surface area contributed by atoms with Crippen LogP contribution in [-0.4, -0.2) is 5.49 Å². The molecular formula is C25H34Cl2HfSi-2. The van der Waals surface area contributed by atoms with Gasteiger partial charge in [-0.25, -0.2) is 12.2 Å². The van der Waals surface area contributed by atoms with E-state index < -0.39 is 0 Å². The van der Waals surface area contributed by atoms with E-state index in [9.17, 15) is 0 Å². The zero-order valence-electron chi connectivity index (χ0n) is 18.9. The van der Waals surface area contributed by atoms with Gasteiger partial charge in [0, 0.05) is 0 Å². The van der Waals surface area contributed by atoms with Crippen LogP contribution in [-0.2, 0) is 23.0 Å². The molecule has 4 heteroatoms. The maximum absolute atomic E-state index is 3.16. The number of allylic oxidation sites excluding steroid dienone is 8. The quantitative estimate of drug-likeness (QED) is 0.321. The van der Waals surface area contributed by atoms with Crippen molar-refractivity contribution in [1.29, 1.82) is 0 Å². The largest absolute Gasteiger partial charge is 1.00 e. The first-order chi connectivity index (χ1) is 12.5. The van der Waals surface area contributed by atoms with Gasteiger partial charge in [-0.15, -0.1) is 12.8 Å². The van der Waals surface area contributed by atoms with Crippen LogP contribution in [0.15, 0.2) is 65.8 Å². The summed E-state index contributed by atoms with van der Waals surface area (Å²) in [5, 5.41) is 1.58. The molecule has 0 radical (unpaired) electrons. The van der Waals surface area contributed by atoms with E-state index in [2.05, 4.69) is 115 Å². The molecule has 0 spiro atoms. The minimum atomic E-state index is -0.0733. The van der Waals surface area contributed by atoms with Gasteiger partial charge in [0.1, 0.15) is 0 Å². The zero-order valence-corrected chi connectivity index (χ0v) is 25.0. The molecule has 0 saturated heterocycles. The molecule has 0 saturated carbocycles. The summed E-state index contributed by atoms with van der Waals surface area (Å²) in [5.41, 5.74) is 3.41. The Balaban J connectivity index is 0. The molecular weight excluding hydrogens is 578 g/mol. The van der Waals surface area contributed by atoms with Crippen molar-refractivity contribution in [2.75, 3.05) is 0 Å². The van der Waals surface area contributed by atoms with Gasteiger partial charge in [-0.3, -0.25) is 12.2 Å². The summed E-state index contributed by atoms with van der Waals surface area (Å²) < 4.78 is 0. The summed E-state index contributed by atoms with van der Waals surface area (Å²) >= 11 is 1.36. The van der Waals surface area contributed by atoms with Gasteiger partial charge in [-0.05, 0) is 0 Å². The molecule has 0 fully saturated rings. The SMILES string of the molecule is CC(C)(C)C1=CC[C-]=C1.CC(C)(C)C1=CC[C-]=C1.C[Si](=[Hf+2])c1ccccc1.[Cl-].[Cl-]. The van der Waals surface area contributed by atoms with E-state index in [-0.39, 0.29) is 30.3 Å². The second-order valence-electron chi connectivity index (χ2n) is 8.92. The van der Waals surface area contributed by atoms with Crippen LogP contribution >= 0.6 is 0 Å². The minimum absolute atomic E-state index is 0. The number of benzene rings is 1. The van der Waals surface area contributed by atoms with Crippen molar-refractivity contribution in [1.82, 2.24) is 0 Å². The van der Waals surface area contributed by atoms with E-state index in [1.54, 1.807) is 5.19 Å². The van der Waals surface area contributed by atoms with E-state index in [1.807, 2.05) is 0 Å². The molecule has 0 bridgehead atoms. The summed E-state index contributed by atoms with van der Waals surface area (Å²) in [7, 11) is 0. The summed E-state index contributed by atoms with van der Waals surface area (Å²) in [6.07, 6.45) is 17.0. The topological polar surface area (TPSA) is 0 Å². The number of rotatable bonds is 1. The summed E-state index contributed by atoms with van der Waals surface area (Å²) in [6, 6.07) is 10.8. The predicted octanol–water partition coefficient (Wildman–Crippen LogP) is 0.514. The maximum atomic E-state index is 3.16. The zero-order chi connectivity index (χ0) is 20.5. The molecule has 3 rings (SSSR count). The Labute approximate surface area is 207 Å². The first kappa shape index (κ1) is 31.0. The molecule has 1 aromatic rings. The van der Waals surface area contributed by atoms with Gasteiger partial charge in [0.2, 0.25) is 0 Å². The van der Waals surface area contributed by atoms with Crippen LogP contribution in [0.25, 0.3) is 0 Å². The maximum Gasteiger partial charge on any atom is -1.00 e. The van der Waals surface area contributed by atoms with Gasteiger partial charge in [-0.1, -0.05) is 52.4 Å². The summed E-state index contributed by atoms with van der Waals surface area (Å²) in [5.74, 6) is 0. The second-order valence-corrected chi connectivity index (χ2v) is 18.8. The average molecular weight is 612 g/mol. The normalized spacial score (nSPS) is 14.2. The Hall–Kier alpha value is -0.153. The van der Waals surface area contributed by atoms with Gasteiger partial charge in [0.15, 0.2) is 0 Å². The molecule has 2 aliphatic carbocycles. The molecule has 158 valence electrons. The van der Waals surface area contributed by atoms with Gasteiger partial charge < -0.3 is 24.8 Å². The molecule has 0 N–H and O–H groups in total. The molecule has 0 atom stereocenters. The molecule has 0 heterocycles. The monoisotopic (exact) mass is 612 g/mol. The molecule has 0 amide bonds. The van der Waals surface area contributed by atoms with Crippen molar-refractivity contribution >= 4 is 10.7 Å². The standard InChI is InChI=1S/2C9H13.C7H8Si.2ClH.Hf/c2*1-9(2,3)8-6-4-5-7-8;1-8-7-5-3-2-4-6-7;;;/h2*6-7H,4H2,1-3H3;2-6H,1H3;2*1H;/q2*-1;;;;+2/p-2. The Morgan fingerprint density at radius 3 is 1.31 bits per heavy atom. The number of hydrogen-bond donors (Lipinski definition) is 0. The Kier molecular flexibility index (Phi) is 15.8. The van der Waals surface area contributed by atoms with Crippen LogP contribution in [0.1, 0.15) is 54.4 Å². The molecule has 1 aromatic carbocycles. The van der Waals surface area contributed by atoms with Gasteiger partial charge in [-0.2, -0.15) is 23.3 Å². The first-order valence-electron chi connectivity index (χ1n) is 9.67. The van der Waals surface area contributed by atoms with E-state index in [4.69, 9.17) is 0 Å². The van der Waals surface area contributed by atoms with E-state index in [0.717, 1.165) is 12.8 Å². The van der Waals surface area contributed by atoms with Crippen molar-refractivity contribution in [2.24, 2.45) is 10.8 Å². The molecule has 2 aliphatic rings. The van der Waals surface area contributed by atoms with E-state index >= 15 is 0 Å². The molecule has 29 heavy (non-hydrogen) atoms. The van der Waals surface area contributed by atoms with Gasteiger partial charge >= 0.3 is 70.6 Å². The molecule has 0 aromatic heterocycles. The van der Waals surface area contributed by atoms with E-state index in [0.29, 0.717) is 10.8 Å². The fraction of sp³-hybridized carbons (Fsp3) is 0.440. The fourth-order valence-corrected chi connectivity index (χ4v) is 5.02. The van der Waals surface area contributed by atoms with Crippen LogP contribution < -0.4 is 30.0 Å². The summed E-state index contributed by atoms with van der Waals surface area (Å²) in [6.45, 7) is 15.7. The minimum Gasteiger partial charge on any atom is -1.00 e. The van der Waals surface area contributed by atoms with Crippen LogP contribution in [0.5, 0.6) is 0 Å². The van der Waals surface area contributed by atoms with Gasteiger partial charge in [0.25, 0.3) is 0 Å². The Morgan fingerprint density at radius 2 is 1.14 bits per heavy atom. The van der Waals surface area contributed by atoms with Crippen molar-refractivity contribution in [3.05, 3.63) is 77.9 Å². The van der Waals surface area contributed by atoms with Crippen LogP contribution in [0.2, 0.25) is 6.55 Å². The van der Waals surface area contributed by atoms with Crippen LogP contribution in [0.3, 0.4) is 0 Å². The van der Waals surface area contributed by atoms with Crippen molar-refractivity contribution in [3.8, 4) is 0 Å². The van der Waals surface area contributed by atoms with Crippen molar-refractivity contribution < 1.29 is 47.8 Å². The second kappa shape index (κ2) is 14.8. The van der Waals surface area contributed by atoms with Crippen molar-refractivity contribution in [3.63, 3.8) is 0 Å². The molecule has 0 nitrogen and oxygen atoms in total. The third-order valence-corrected chi connectivity index (χ3v) is 8.64. The van der Waals surface area contributed by atoms with Crippen molar-refractivity contribution in [2.45, 2.75) is 60.9 Å². The smallest absolute Gasteiger partial charge is 1.00 e. The number of hydrogen-bond acceptors (Lipinski definition) is 0. The molecule has 0 aliphatic heterocycles. The summed E-state index contributed by atoms with van der Waals surface area (Å²) in [4.78, 5) is 0. The van der Waals surface area contributed by atoms with Gasteiger partial charge in [0.05, 0.1) is 0 Å². The Bertz CT molecular complexity index is 690. The number of halogens is 2. The molecule has 0 unspecified atom stereocenters.